The topological polar surface area (TPSA) is 55.0 Å². The predicted molar refractivity (Wildman–Crippen MR) is 92.6 cm³/mol. The summed E-state index contributed by atoms with van der Waals surface area (Å²) in [6.45, 7) is 2.52. The van der Waals surface area contributed by atoms with E-state index in [1.54, 1.807) is 0 Å². The van der Waals surface area contributed by atoms with Gasteiger partial charge in [0.05, 0.1) is 0 Å². The Hall–Kier alpha value is -2.40. The average Bonchev–Trinajstić information content (AvgIpc) is 2.96. The molecule has 0 radical (unpaired) electrons. The molecule has 0 bridgehead atoms. The quantitative estimate of drug-likeness (QED) is 0.670. The third kappa shape index (κ3) is 3.51. The molecule has 0 aliphatic heterocycles. The summed E-state index contributed by atoms with van der Waals surface area (Å²) >= 11 is 3.39. The van der Waals surface area contributed by atoms with Gasteiger partial charge < -0.3 is 9.72 Å². The summed E-state index contributed by atoms with van der Waals surface area (Å²) in [5.41, 5.74) is 3.78. The van der Waals surface area contributed by atoms with Crippen LogP contribution in [0.2, 0.25) is 0 Å². The van der Waals surface area contributed by atoms with Crippen LogP contribution in [0.4, 0.5) is 0 Å². The van der Waals surface area contributed by atoms with Crippen LogP contribution in [0.15, 0.2) is 53.1 Å². The molecule has 0 fully saturated rings. The van der Waals surface area contributed by atoms with Crippen molar-refractivity contribution in [3.8, 4) is 17.0 Å². The largest absolute Gasteiger partial charge is 0.489 e. The van der Waals surface area contributed by atoms with Crippen LogP contribution < -0.4 is 4.74 Å². The van der Waals surface area contributed by atoms with Gasteiger partial charge in [0, 0.05) is 5.56 Å². The molecule has 0 saturated carbocycles. The van der Waals surface area contributed by atoms with E-state index in [4.69, 9.17) is 4.74 Å². The van der Waals surface area contributed by atoms with Gasteiger partial charge in [-0.2, -0.15) is 0 Å². The molecule has 3 aromatic rings. The van der Waals surface area contributed by atoms with Gasteiger partial charge in [-0.05, 0) is 52.2 Å². The zero-order valence-electron chi connectivity index (χ0n) is 12.5. The number of H-pyrrole nitrogens is 1. The van der Waals surface area contributed by atoms with Crippen molar-refractivity contribution >= 4 is 22.2 Å². The van der Waals surface area contributed by atoms with Crippen LogP contribution >= 0.6 is 15.9 Å². The van der Waals surface area contributed by atoms with E-state index in [9.17, 15) is 4.79 Å². The number of rotatable bonds is 5. The number of aromatic amines is 1. The van der Waals surface area contributed by atoms with E-state index >= 15 is 0 Å². The smallest absolute Gasteiger partial charge is 0.185 e. The Kier molecular flexibility index (Phi) is 4.57. The van der Waals surface area contributed by atoms with Crippen molar-refractivity contribution in [3.05, 3.63) is 70.1 Å². The Morgan fingerprint density at radius 1 is 1.22 bits per heavy atom. The lowest BCUT2D eigenvalue weighted by molar-refractivity contribution is 0.111. The van der Waals surface area contributed by atoms with E-state index < -0.39 is 0 Å². The highest BCUT2D eigenvalue weighted by Gasteiger charge is 2.11. The van der Waals surface area contributed by atoms with Crippen LogP contribution in [0.3, 0.4) is 0 Å². The molecule has 0 amide bonds. The second-order valence-corrected chi connectivity index (χ2v) is 5.95. The molecule has 5 heteroatoms. The molecule has 0 spiro atoms. The highest BCUT2D eigenvalue weighted by molar-refractivity contribution is 9.10. The minimum absolute atomic E-state index is 0.300. The molecule has 0 aliphatic rings. The number of nitrogens with zero attached hydrogens (tertiary/aromatic N) is 1. The highest BCUT2D eigenvalue weighted by Crippen LogP contribution is 2.30. The Labute approximate surface area is 142 Å². The van der Waals surface area contributed by atoms with Gasteiger partial charge in [0.1, 0.15) is 22.7 Å². The molecule has 0 unspecified atom stereocenters. The van der Waals surface area contributed by atoms with Crippen molar-refractivity contribution in [1.82, 2.24) is 9.97 Å². The summed E-state index contributed by atoms with van der Waals surface area (Å²) < 4.78 is 6.57. The van der Waals surface area contributed by atoms with Gasteiger partial charge in [0.2, 0.25) is 0 Å². The SMILES string of the molecule is Cc1cc(-c2nc(C=O)[nH]c2Br)ccc1OCc1ccccc1. The van der Waals surface area contributed by atoms with Gasteiger partial charge in [-0.3, -0.25) is 4.79 Å². The first-order chi connectivity index (χ1) is 11.2. The van der Waals surface area contributed by atoms with Gasteiger partial charge >= 0.3 is 0 Å². The van der Waals surface area contributed by atoms with Crippen LogP contribution in [0.25, 0.3) is 11.3 Å². The van der Waals surface area contributed by atoms with Crippen LogP contribution in [0, 0.1) is 6.92 Å². The Morgan fingerprint density at radius 3 is 2.65 bits per heavy atom. The lowest BCUT2D eigenvalue weighted by Gasteiger charge is -2.10. The monoisotopic (exact) mass is 370 g/mol. The zero-order valence-corrected chi connectivity index (χ0v) is 14.1. The van der Waals surface area contributed by atoms with E-state index in [2.05, 4.69) is 25.9 Å². The molecule has 0 aliphatic carbocycles. The number of aryl methyl sites for hydroxylation is 1. The molecule has 0 saturated heterocycles. The van der Waals surface area contributed by atoms with E-state index in [-0.39, 0.29) is 0 Å². The molecule has 0 atom stereocenters. The van der Waals surface area contributed by atoms with Crippen molar-refractivity contribution in [3.63, 3.8) is 0 Å². The molecule has 23 heavy (non-hydrogen) atoms. The molecule has 1 N–H and O–H groups in total. The summed E-state index contributed by atoms with van der Waals surface area (Å²) in [5, 5.41) is 0. The second kappa shape index (κ2) is 6.79. The number of carbonyl (C=O) groups excluding carboxylic acids is 1. The molecule has 2 aromatic carbocycles. The lowest BCUT2D eigenvalue weighted by Crippen LogP contribution is -1.97. The van der Waals surface area contributed by atoms with Crippen molar-refractivity contribution < 1.29 is 9.53 Å². The number of imidazole rings is 1. The number of hydrogen-bond donors (Lipinski definition) is 1. The van der Waals surface area contributed by atoms with Crippen molar-refractivity contribution in [2.75, 3.05) is 0 Å². The number of benzene rings is 2. The fourth-order valence-corrected chi connectivity index (χ4v) is 2.83. The normalized spacial score (nSPS) is 10.5. The highest BCUT2D eigenvalue weighted by atomic mass is 79.9. The third-order valence-corrected chi connectivity index (χ3v) is 4.05. The number of aromatic nitrogens is 2. The van der Waals surface area contributed by atoms with Gasteiger partial charge in [0.15, 0.2) is 12.1 Å². The predicted octanol–water partition coefficient (Wildman–Crippen LogP) is 4.54. The third-order valence-electron chi connectivity index (χ3n) is 3.48. The number of aldehydes is 1. The fraction of sp³-hybridized carbons (Fsp3) is 0.111. The molecule has 4 nitrogen and oxygen atoms in total. The standard InChI is InChI=1S/C18H15BrN2O2/c1-12-9-14(17-18(19)21-16(10-22)20-17)7-8-15(12)23-11-13-5-3-2-4-6-13/h2-10H,11H2,1H3,(H,20,21). The number of nitrogens with one attached hydrogen (secondary N) is 1. The first-order valence-electron chi connectivity index (χ1n) is 7.16. The van der Waals surface area contributed by atoms with E-state index in [0.717, 1.165) is 22.4 Å². The van der Waals surface area contributed by atoms with Crippen LogP contribution in [-0.2, 0) is 6.61 Å². The number of ether oxygens (including phenoxy) is 1. The van der Waals surface area contributed by atoms with Gasteiger partial charge in [-0.15, -0.1) is 0 Å². The number of halogens is 1. The Bertz CT molecular complexity index is 828. The van der Waals surface area contributed by atoms with Gasteiger partial charge in [-0.25, -0.2) is 4.98 Å². The summed E-state index contributed by atoms with van der Waals surface area (Å²) in [6.07, 6.45) is 0.693. The average molecular weight is 371 g/mol. The number of carbonyl (C=O) groups is 1. The summed E-state index contributed by atoms with van der Waals surface area (Å²) in [6, 6.07) is 15.9. The first-order valence-corrected chi connectivity index (χ1v) is 7.95. The van der Waals surface area contributed by atoms with Crippen molar-refractivity contribution in [2.45, 2.75) is 13.5 Å². The first kappa shape index (κ1) is 15.5. The number of hydrogen-bond acceptors (Lipinski definition) is 3. The van der Waals surface area contributed by atoms with E-state index in [1.165, 1.54) is 0 Å². The Balaban J connectivity index is 1.80. The van der Waals surface area contributed by atoms with Crippen molar-refractivity contribution in [1.29, 1.82) is 0 Å². The Morgan fingerprint density at radius 2 is 2.00 bits per heavy atom. The van der Waals surface area contributed by atoms with Crippen LogP contribution in [-0.4, -0.2) is 16.3 Å². The molecular formula is C18H15BrN2O2. The van der Waals surface area contributed by atoms with Crippen LogP contribution in [0.5, 0.6) is 5.75 Å². The lowest BCUT2D eigenvalue weighted by atomic mass is 10.1. The minimum atomic E-state index is 0.300. The molecular weight excluding hydrogens is 356 g/mol. The maximum absolute atomic E-state index is 10.8. The van der Waals surface area contributed by atoms with Crippen molar-refractivity contribution in [2.24, 2.45) is 0 Å². The maximum Gasteiger partial charge on any atom is 0.185 e. The molecule has 1 heterocycles. The maximum atomic E-state index is 10.8. The second-order valence-electron chi connectivity index (χ2n) is 5.16. The summed E-state index contributed by atoms with van der Waals surface area (Å²) in [4.78, 5) is 17.9. The van der Waals surface area contributed by atoms with E-state index in [1.807, 2.05) is 55.5 Å². The summed E-state index contributed by atoms with van der Waals surface area (Å²) in [5.74, 6) is 1.13. The molecule has 116 valence electrons. The molecule has 3 rings (SSSR count). The zero-order chi connectivity index (χ0) is 16.2. The fourth-order valence-electron chi connectivity index (χ4n) is 2.31. The minimum Gasteiger partial charge on any atom is -0.489 e. The van der Waals surface area contributed by atoms with Crippen LogP contribution in [0.1, 0.15) is 21.7 Å². The van der Waals surface area contributed by atoms with Gasteiger partial charge in [-0.1, -0.05) is 30.3 Å². The van der Waals surface area contributed by atoms with Gasteiger partial charge in [0.25, 0.3) is 0 Å². The molecule has 1 aromatic heterocycles. The summed E-state index contributed by atoms with van der Waals surface area (Å²) in [7, 11) is 0. The van der Waals surface area contributed by atoms with E-state index in [0.29, 0.717) is 29.0 Å².